The van der Waals surface area contributed by atoms with Crippen LogP contribution in [0.3, 0.4) is 0 Å². The highest BCUT2D eigenvalue weighted by Gasteiger charge is 2.56. The van der Waals surface area contributed by atoms with Crippen LogP contribution in [0.5, 0.6) is 0 Å². The lowest BCUT2D eigenvalue weighted by Crippen LogP contribution is -2.47. The van der Waals surface area contributed by atoms with Gasteiger partial charge in [0.1, 0.15) is 0 Å². The molecule has 0 bridgehead atoms. The molecule has 2 fully saturated rings. The third kappa shape index (κ3) is 3.83. The molecule has 0 unspecified atom stereocenters. The average Bonchev–Trinajstić information content (AvgIpc) is 3.04. The zero-order valence-corrected chi connectivity index (χ0v) is 23.8. The number of allylic oxidation sites excluding steroid dienone is 4. The first-order valence-corrected chi connectivity index (χ1v) is 16.7. The van der Waals surface area contributed by atoms with Gasteiger partial charge in [0.25, 0.3) is 0 Å². The second-order valence-electron chi connectivity index (χ2n) is 13.1. The summed E-state index contributed by atoms with van der Waals surface area (Å²) < 4.78 is 6.80. The predicted molar refractivity (Wildman–Crippen MR) is 140 cm³/mol. The minimum Gasteiger partial charge on any atom is -0.410 e. The Morgan fingerprint density at radius 2 is 1.84 bits per heavy atom. The van der Waals surface area contributed by atoms with E-state index in [4.69, 9.17) is 4.43 Å². The van der Waals surface area contributed by atoms with Crippen molar-refractivity contribution in [2.45, 2.75) is 97.9 Å². The molecule has 0 amide bonds. The number of rotatable bonds is 4. The summed E-state index contributed by atoms with van der Waals surface area (Å²) in [6.07, 6.45) is 16.9. The van der Waals surface area contributed by atoms with Crippen LogP contribution in [-0.4, -0.2) is 19.8 Å². The predicted octanol–water partition coefficient (Wildman–Crippen LogP) is 8.68. The molecule has 0 aromatic heterocycles. The molecule has 3 heteroatoms. The first-order valence-electron chi connectivity index (χ1n) is 12.7. The van der Waals surface area contributed by atoms with Crippen molar-refractivity contribution in [1.82, 2.24) is 0 Å². The molecule has 0 saturated heterocycles. The fourth-order valence-electron chi connectivity index (χ4n) is 7.30. The average molecular weight is 506 g/mol. The number of hydrogen-bond acceptors (Lipinski definition) is 1. The van der Waals surface area contributed by atoms with Crippen LogP contribution in [0.15, 0.2) is 35.5 Å². The van der Waals surface area contributed by atoms with Gasteiger partial charge in [0, 0.05) is 10.7 Å². The van der Waals surface area contributed by atoms with Gasteiger partial charge in [0.2, 0.25) is 0 Å². The van der Waals surface area contributed by atoms with Crippen LogP contribution in [0.4, 0.5) is 0 Å². The molecule has 0 aromatic rings. The van der Waals surface area contributed by atoms with E-state index in [9.17, 15) is 0 Å². The molecule has 0 spiro atoms. The van der Waals surface area contributed by atoms with E-state index in [0.29, 0.717) is 11.3 Å². The molecule has 174 valence electrons. The van der Waals surface area contributed by atoms with Crippen molar-refractivity contribution >= 4 is 24.2 Å². The van der Waals surface area contributed by atoms with Gasteiger partial charge in [-0.25, -0.2) is 0 Å². The van der Waals surface area contributed by atoms with E-state index >= 15 is 0 Å². The Balaban J connectivity index is 1.59. The molecule has 1 nitrogen and oxygen atoms in total. The maximum atomic E-state index is 6.80. The Morgan fingerprint density at radius 1 is 1.13 bits per heavy atom. The zero-order valence-electron chi connectivity index (χ0n) is 21.2. The van der Waals surface area contributed by atoms with E-state index in [2.05, 4.69) is 94.9 Å². The molecule has 0 heterocycles. The van der Waals surface area contributed by atoms with Crippen molar-refractivity contribution in [3.8, 4) is 0 Å². The fourth-order valence-corrected chi connectivity index (χ4v) is 9.02. The summed E-state index contributed by atoms with van der Waals surface area (Å²) in [5, 5.41) is 1.40. The lowest BCUT2D eigenvalue weighted by molar-refractivity contribution is 0.0676. The highest BCUT2D eigenvalue weighted by Crippen LogP contribution is 2.65. The first-order chi connectivity index (χ1) is 14.3. The summed E-state index contributed by atoms with van der Waals surface area (Å²) in [7, 11) is -1.76. The molecule has 4 aliphatic rings. The number of hydrogen-bond donors (Lipinski definition) is 0. The van der Waals surface area contributed by atoms with Crippen molar-refractivity contribution < 1.29 is 4.43 Å². The minimum absolute atomic E-state index is 0.192. The van der Waals surface area contributed by atoms with Gasteiger partial charge < -0.3 is 4.43 Å². The maximum absolute atomic E-state index is 6.80. The summed E-state index contributed by atoms with van der Waals surface area (Å²) >= 11 is 3.78. The maximum Gasteiger partial charge on any atom is 0.192 e. The van der Waals surface area contributed by atoms with Crippen LogP contribution < -0.4 is 0 Å². The van der Waals surface area contributed by atoms with Gasteiger partial charge in [-0.1, -0.05) is 92.9 Å². The van der Waals surface area contributed by atoms with E-state index in [1.807, 2.05) is 0 Å². The third-order valence-electron chi connectivity index (χ3n) is 10.3. The van der Waals surface area contributed by atoms with Crippen molar-refractivity contribution in [2.24, 2.45) is 34.5 Å². The van der Waals surface area contributed by atoms with Gasteiger partial charge in [0.15, 0.2) is 8.32 Å². The Hall–Kier alpha value is -0.123. The smallest absolute Gasteiger partial charge is 0.192 e. The Kier molecular flexibility index (Phi) is 6.18. The van der Waals surface area contributed by atoms with Crippen LogP contribution in [0.25, 0.3) is 0 Å². The first kappa shape index (κ1) is 24.0. The van der Waals surface area contributed by atoms with Gasteiger partial charge >= 0.3 is 0 Å². The fraction of sp³-hybridized carbons (Fsp3) is 0.786. The topological polar surface area (TPSA) is 9.23 Å². The standard InChI is InChI=1S/C28H45BrOSi/c1-19(18-29)23-11-12-24-22-10-9-20-17-21(30-31(7,8)26(2,3)4)13-15-27(20,5)25(22)14-16-28(23,24)6/h9-10,13,15,19,21,23-25H,11-12,14,16-18H2,1-8H3/t19-,21+,23-,24+,25+,27+,28-/m1/s1. The summed E-state index contributed by atoms with van der Waals surface area (Å²) in [5.41, 5.74) is 4.07. The summed E-state index contributed by atoms with van der Waals surface area (Å²) in [6.45, 7) is 19.4. The molecule has 31 heavy (non-hydrogen) atoms. The Morgan fingerprint density at radius 3 is 2.48 bits per heavy atom. The monoisotopic (exact) mass is 504 g/mol. The molecule has 0 aliphatic heterocycles. The molecule has 0 aromatic carbocycles. The number of halogens is 1. The molecular formula is C28H45BrOSi. The molecule has 7 atom stereocenters. The largest absolute Gasteiger partial charge is 0.410 e. The second-order valence-corrected chi connectivity index (χ2v) is 18.5. The van der Waals surface area contributed by atoms with E-state index in [1.54, 1.807) is 11.1 Å². The highest BCUT2D eigenvalue weighted by atomic mass is 79.9. The Bertz CT molecular complexity index is 802. The van der Waals surface area contributed by atoms with E-state index in [-0.39, 0.29) is 16.6 Å². The molecular weight excluding hydrogens is 460 g/mol. The van der Waals surface area contributed by atoms with Crippen LogP contribution in [0.2, 0.25) is 18.1 Å². The van der Waals surface area contributed by atoms with Gasteiger partial charge in [-0.3, -0.25) is 0 Å². The SMILES string of the molecule is C[C@H](CBr)[C@H]1CC[C@H]2C3=CC=C4C[C@@H](O[Si](C)(C)C(C)(C)C)C=C[C@]4(C)[C@H]3CC[C@]12C. The van der Waals surface area contributed by atoms with Crippen LogP contribution in [0, 0.1) is 34.5 Å². The number of fused-ring (bicyclic) bond motifs is 5. The second kappa shape index (κ2) is 7.98. The normalized spacial score (nSPS) is 41.1. The van der Waals surface area contributed by atoms with Gasteiger partial charge in [-0.2, -0.15) is 0 Å². The van der Waals surface area contributed by atoms with Crippen LogP contribution in [0.1, 0.15) is 73.6 Å². The van der Waals surface area contributed by atoms with Crippen molar-refractivity contribution in [3.63, 3.8) is 0 Å². The lowest BCUT2D eigenvalue weighted by atomic mass is 9.51. The lowest BCUT2D eigenvalue weighted by Gasteiger charge is -2.54. The zero-order chi connectivity index (χ0) is 22.8. The van der Waals surface area contributed by atoms with Crippen molar-refractivity contribution in [3.05, 3.63) is 35.5 Å². The quantitative estimate of drug-likeness (QED) is 0.211. The molecule has 0 N–H and O–H groups in total. The van der Waals surface area contributed by atoms with Gasteiger partial charge in [0.05, 0.1) is 6.10 Å². The molecule has 0 radical (unpaired) electrons. The minimum atomic E-state index is -1.76. The third-order valence-corrected chi connectivity index (χ3v) is 15.9. The van der Waals surface area contributed by atoms with Crippen LogP contribution >= 0.6 is 15.9 Å². The summed E-state index contributed by atoms with van der Waals surface area (Å²) in [6, 6.07) is 0. The van der Waals surface area contributed by atoms with Gasteiger partial charge in [-0.05, 0) is 79.3 Å². The molecule has 2 saturated carbocycles. The van der Waals surface area contributed by atoms with Crippen molar-refractivity contribution in [2.75, 3.05) is 5.33 Å². The van der Waals surface area contributed by atoms with E-state index in [0.717, 1.165) is 29.5 Å². The van der Waals surface area contributed by atoms with E-state index < -0.39 is 8.32 Å². The van der Waals surface area contributed by atoms with Gasteiger partial charge in [-0.15, -0.1) is 0 Å². The highest BCUT2D eigenvalue weighted by molar-refractivity contribution is 9.09. The van der Waals surface area contributed by atoms with Crippen molar-refractivity contribution in [1.29, 1.82) is 0 Å². The number of alkyl halides is 1. The molecule has 4 rings (SSSR count). The summed E-state index contributed by atoms with van der Waals surface area (Å²) in [5.74, 6) is 3.11. The Labute approximate surface area is 201 Å². The summed E-state index contributed by atoms with van der Waals surface area (Å²) in [4.78, 5) is 0. The molecule has 4 aliphatic carbocycles. The van der Waals surface area contributed by atoms with Crippen LogP contribution in [-0.2, 0) is 4.43 Å². The van der Waals surface area contributed by atoms with E-state index in [1.165, 1.54) is 25.7 Å².